The van der Waals surface area contributed by atoms with Crippen LogP contribution in [-0.2, 0) is 19.0 Å². The maximum atomic E-state index is 12.3. The summed E-state index contributed by atoms with van der Waals surface area (Å²) in [5.41, 5.74) is -1.37. The Hall–Kier alpha value is -2.38. The summed E-state index contributed by atoms with van der Waals surface area (Å²) < 4.78 is 37.0. The van der Waals surface area contributed by atoms with Gasteiger partial charge in [0.15, 0.2) is 0 Å². The number of alkyl halides is 3. The third kappa shape index (κ3) is 3.34. The normalized spacial score (nSPS) is 11.6. The van der Waals surface area contributed by atoms with Gasteiger partial charge in [-0.3, -0.25) is 14.6 Å². The first-order chi connectivity index (χ1) is 9.36. The number of aromatic amines is 2. The molecule has 2 rings (SSSR count). The first-order valence-electron chi connectivity index (χ1n) is 5.69. The van der Waals surface area contributed by atoms with E-state index in [1.807, 2.05) is 0 Å². The third-order valence-corrected chi connectivity index (χ3v) is 2.66. The number of halogens is 3. The van der Waals surface area contributed by atoms with E-state index in [4.69, 9.17) is 0 Å². The summed E-state index contributed by atoms with van der Waals surface area (Å²) in [5.74, 6) is 0. The SMILES string of the molecule is O=c1[nH]cc(CCc2ccc(C(F)(F)F)cn2)[nH]c1=O. The number of nitrogens with zero attached hydrogens (tertiary/aromatic N) is 1. The summed E-state index contributed by atoms with van der Waals surface area (Å²) in [7, 11) is 0. The second-order valence-corrected chi connectivity index (χ2v) is 4.13. The van der Waals surface area contributed by atoms with Crippen molar-refractivity contribution in [3.8, 4) is 0 Å². The first kappa shape index (κ1) is 14.0. The molecule has 0 radical (unpaired) electrons. The van der Waals surface area contributed by atoms with Crippen molar-refractivity contribution in [1.29, 1.82) is 0 Å². The van der Waals surface area contributed by atoms with Gasteiger partial charge in [-0.15, -0.1) is 0 Å². The van der Waals surface area contributed by atoms with Crippen molar-refractivity contribution in [1.82, 2.24) is 15.0 Å². The number of hydrogen-bond donors (Lipinski definition) is 2. The molecule has 0 aromatic carbocycles. The van der Waals surface area contributed by atoms with Crippen LogP contribution in [0, 0.1) is 0 Å². The van der Waals surface area contributed by atoms with Gasteiger partial charge in [0.25, 0.3) is 0 Å². The molecule has 0 aliphatic carbocycles. The molecule has 0 fully saturated rings. The van der Waals surface area contributed by atoms with Crippen LogP contribution in [0.5, 0.6) is 0 Å². The summed E-state index contributed by atoms with van der Waals surface area (Å²) in [4.78, 5) is 30.3. The van der Waals surface area contributed by atoms with Crippen LogP contribution in [-0.4, -0.2) is 15.0 Å². The zero-order valence-electron chi connectivity index (χ0n) is 10.1. The number of aromatic nitrogens is 3. The van der Waals surface area contributed by atoms with Crippen molar-refractivity contribution >= 4 is 0 Å². The predicted molar refractivity (Wildman–Crippen MR) is 64.3 cm³/mol. The molecule has 2 aromatic heterocycles. The van der Waals surface area contributed by atoms with E-state index in [-0.39, 0.29) is 0 Å². The van der Waals surface area contributed by atoms with Crippen LogP contribution < -0.4 is 11.1 Å². The lowest BCUT2D eigenvalue weighted by molar-refractivity contribution is -0.137. The second kappa shape index (κ2) is 5.32. The Bertz CT molecular complexity index is 701. The molecule has 0 unspecified atom stereocenters. The molecule has 2 N–H and O–H groups in total. The fourth-order valence-electron chi connectivity index (χ4n) is 1.59. The van der Waals surface area contributed by atoms with Gasteiger partial charge in [0.2, 0.25) is 0 Å². The quantitative estimate of drug-likeness (QED) is 0.833. The van der Waals surface area contributed by atoms with Crippen molar-refractivity contribution in [2.45, 2.75) is 19.0 Å². The van der Waals surface area contributed by atoms with Crippen molar-refractivity contribution in [3.63, 3.8) is 0 Å². The molecule has 0 bridgehead atoms. The summed E-state index contributed by atoms with van der Waals surface area (Å²) >= 11 is 0. The Labute approximate surface area is 110 Å². The monoisotopic (exact) mass is 285 g/mol. The van der Waals surface area contributed by atoms with Gasteiger partial charge in [0.05, 0.1) is 5.56 Å². The summed E-state index contributed by atoms with van der Waals surface area (Å²) in [6.07, 6.45) is -1.58. The van der Waals surface area contributed by atoms with Gasteiger partial charge >= 0.3 is 17.3 Å². The predicted octanol–water partition coefficient (Wildman–Crippen LogP) is 1.26. The lowest BCUT2D eigenvalue weighted by atomic mass is 10.1. The Kier molecular flexibility index (Phi) is 3.73. The molecule has 0 aliphatic rings. The molecule has 20 heavy (non-hydrogen) atoms. The highest BCUT2D eigenvalue weighted by Gasteiger charge is 2.30. The number of hydrogen-bond acceptors (Lipinski definition) is 3. The highest BCUT2D eigenvalue weighted by atomic mass is 19.4. The highest BCUT2D eigenvalue weighted by molar-refractivity contribution is 5.17. The van der Waals surface area contributed by atoms with Crippen LogP contribution in [0.1, 0.15) is 17.0 Å². The van der Waals surface area contributed by atoms with E-state index in [0.29, 0.717) is 24.2 Å². The van der Waals surface area contributed by atoms with Crippen LogP contribution in [0.4, 0.5) is 13.2 Å². The van der Waals surface area contributed by atoms with E-state index < -0.39 is 22.9 Å². The fraction of sp³-hybridized carbons (Fsp3) is 0.250. The maximum absolute atomic E-state index is 12.3. The molecule has 106 valence electrons. The van der Waals surface area contributed by atoms with Gasteiger partial charge < -0.3 is 9.97 Å². The maximum Gasteiger partial charge on any atom is 0.417 e. The average Bonchev–Trinajstić information content (AvgIpc) is 2.40. The largest absolute Gasteiger partial charge is 0.417 e. The average molecular weight is 285 g/mol. The molecular formula is C12H10F3N3O2. The van der Waals surface area contributed by atoms with Crippen LogP contribution in [0.3, 0.4) is 0 Å². The van der Waals surface area contributed by atoms with Gasteiger partial charge in [-0.25, -0.2) is 0 Å². The number of pyridine rings is 1. The molecule has 0 atom stereocenters. The second-order valence-electron chi connectivity index (χ2n) is 4.13. The number of nitrogens with one attached hydrogen (secondary N) is 2. The molecule has 0 aliphatic heterocycles. The lowest BCUT2D eigenvalue weighted by Crippen LogP contribution is -2.30. The minimum atomic E-state index is -4.41. The van der Waals surface area contributed by atoms with E-state index in [9.17, 15) is 22.8 Å². The van der Waals surface area contributed by atoms with Gasteiger partial charge in [-0.2, -0.15) is 13.2 Å². The van der Waals surface area contributed by atoms with E-state index in [1.165, 1.54) is 12.3 Å². The first-order valence-corrected chi connectivity index (χ1v) is 5.69. The Morgan fingerprint density at radius 3 is 2.40 bits per heavy atom. The molecular weight excluding hydrogens is 275 g/mol. The molecule has 0 amide bonds. The topological polar surface area (TPSA) is 78.6 Å². The Morgan fingerprint density at radius 1 is 1.10 bits per heavy atom. The minimum Gasteiger partial charge on any atom is -0.323 e. The van der Waals surface area contributed by atoms with Crippen LogP contribution >= 0.6 is 0 Å². The van der Waals surface area contributed by atoms with Crippen molar-refractivity contribution in [2.75, 3.05) is 0 Å². The van der Waals surface area contributed by atoms with Crippen LogP contribution in [0.15, 0.2) is 34.1 Å². The van der Waals surface area contributed by atoms with Gasteiger partial charge in [-0.05, 0) is 25.0 Å². The van der Waals surface area contributed by atoms with Gasteiger partial charge in [-0.1, -0.05) is 0 Å². The molecule has 5 nitrogen and oxygen atoms in total. The van der Waals surface area contributed by atoms with E-state index >= 15 is 0 Å². The van der Waals surface area contributed by atoms with Crippen molar-refractivity contribution in [2.24, 2.45) is 0 Å². The van der Waals surface area contributed by atoms with Crippen molar-refractivity contribution in [3.05, 3.63) is 62.2 Å². The molecule has 2 aromatic rings. The van der Waals surface area contributed by atoms with E-state index in [2.05, 4.69) is 15.0 Å². The Balaban J connectivity index is 2.06. The summed E-state index contributed by atoms with van der Waals surface area (Å²) in [6.45, 7) is 0. The highest BCUT2D eigenvalue weighted by Crippen LogP contribution is 2.28. The molecule has 8 heteroatoms. The third-order valence-electron chi connectivity index (χ3n) is 2.66. The minimum absolute atomic E-state index is 0.347. The van der Waals surface area contributed by atoms with Crippen LogP contribution in [0.25, 0.3) is 0 Å². The summed E-state index contributed by atoms with van der Waals surface area (Å²) in [6, 6.07) is 2.24. The molecule has 0 saturated heterocycles. The molecule has 0 saturated carbocycles. The smallest absolute Gasteiger partial charge is 0.323 e. The number of aryl methyl sites for hydroxylation is 2. The van der Waals surface area contributed by atoms with E-state index in [0.717, 1.165) is 12.3 Å². The zero-order chi connectivity index (χ0) is 14.8. The fourth-order valence-corrected chi connectivity index (χ4v) is 1.59. The standard InChI is InChI=1S/C12H10F3N3O2/c13-12(14,15)7-1-2-8(16-5-7)3-4-9-6-17-10(19)11(20)18-9/h1-2,5-6H,3-4H2,(H,17,19)(H,18,20). The van der Waals surface area contributed by atoms with Crippen LogP contribution in [0.2, 0.25) is 0 Å². The van der Waals surface area contributed by atoms with Gasteiger partial charge in [0.1, 0.15) is 0 Å². The lowest BCUT2D eigenvalue weighted by Gasteiger charge is -2.06. The number of rotatable bonds is 3. The molecule has 0 spiro atoms. The number of H-pyrrole nitrogens is 2. The zero-order valence-corrected chi connectivity index (χ0v) is 10.1. The molecule has 2 heterocycles. The Morgan fingerprint density at radius 2 is 1.85 bits per heavy atom. The van der Waals surface area contributed by atoms with E-state index in [1.54, 1.807) is 0 Å². The van der Waals surface area contributed by atoms with Gasteiger partial charge in [0, 0.05) is 23.8 Å². The van der Waals surface area contributed by atoms with Crippen molar-refractivity contribution < 1.29 is 13.2 Å². The summed E-state index contributed by atoms with van der Waals surface area (Å²) in [5, 5.41) is 0.